The molecule has 0 aromatic carbocycles. The molecule has 1 fully saturated rings. The molecule has 3 nitrogen and oxygen atoms in total. The average Bonchev–Trinajstić information content (AvgIpc) is 2.60. The highest BCUT2D eigenvalue weighted by Gasteiger charge is 2.42. The van der Waals surface area contributed by atoms with E-state index in [0.717, 1.165) is 24.7 Å². The van der Waals surface area contributed by atoms with Crippen molar-refractivity contribution in [2.24, 2.45) is 5.92 Å². The monoisotopic (exact) mass is 182 g/mol. The molecule has 0 amide bonds. The van der Waals surface area contributed by atoms with Crippen LogP contribution < -0.4 is 0 Å². The van der Waals surface area contributed by atoms with Crippen LogP contribution in [-0.2, 0) is 14.3 Å². The number of hydrogen-bond donors (Lipinski definition) is 0. The van der Waals surface area contributed by atoms with Gasteiger partial charge in [-0.2, -0.15) is 0 Å². The fourth-order valence-corrected chi connectivity index (χ4v) is 2.30. The van der Waals surface area contributed by atoms with Crippen LogP contribution in [0.1, 0.15) is 19.8 Å². The number of rotatable bonds is 2. The molecule has 1 heterocycles. The molecule has 72 valence electrons. The lowest BCUT2D eigenvalue weighted by Crippen LogP contribution is -2.12. The van der Waals surface area contributed by atoms with E-state index in [9.17, 15) is 4.79 Å². The minimum absolute atomic E-state index is 0.113. The van der Waals surface area contributed by atoms with Gasteiger partial charge in [0.25, 0.3) is 0 Å². The Morgan fingerprint density at radius 1 is 1.62 bits per heavy atom. The summed E-state index contributed by atoms with van der Waals surface area (Å²) in [6, 6.07) is 0. The van der Waals surface area contributed by atoms with Crippen LogP contribution in [0.5, 0.6) is 0 Å². The maximum Gasteiger partial charge on any atom is 0.158 e. The summed E-state index contributed by atoms with van der Waals surface area (Å²) in [6.45, 7) is 2.01. The molecule has 3 atom stereocenters. The van der Waals surface area contributed by atoms with E-state index in [1.54, 1.807) is 7.11 Å². The summed E-state index contributed by atoms with van der Waals surface area (Å²) in [6.07, 6.45) is 2.76. The fraction of sp³-hybridized carbons (Fsp3) is 0.700. The molecule has 1 aliphatic carbocycles. The largest absolute Gasteiger partial charge is 0.356 e. The van der Waals surface area contributed by atoms with Crippen molar-refractivity contribution in [2.75, 3.05) is 7.11 Å². The standard InChI is InChI=1S/C10H14O3/c1-6-3-9-7(8(6)5-11)4-10(12-2)13-9/h5,7,9-10H,3-4H2,1-2H3. The molecule has 1 aliphatic heterocycles. The molecular weight excluding hydrogens is 168 g/mol. The summed E-state index contributed by atoms with van der Waals surface area (Å²) in [5.41, 5.74) is 2.11. The van der Waals surface area contributed by atoms with E-state index >= 15 is 0 Å². The Bertz CT molecular complexity index is 257. The Morgan fingerprint density at radius 3 is 3.00 bits per heavy atom. The van der Waals surface area contributed by atoms with E-state index < -0.39 is 0 Å². The summed E-state index contributed by atoms with van der Waals surface area (Å²) in [5.74, 6) is 0.280. The maximum absolute atomic E-state index is 10.8. The minimum Gasteiger partial charge on any atom is -0.356 e. The second-order valence-electron chi connectivity index (χ2n) is 3.74. The van der Waals surface area contributed by atoms with Gasteiger partial charge in [0.15, 0.2) is 6.29 Å². The summed E-state index contributed by atoms with van der Waals surface area (Å²) in [7, 11) is 1.64. The topological polar surface area (TPSA) is 35.5 Å². The lowest BCUT2D eigenvalue weighted by molar-refractivity contribution is -0.114. The number of carbonyl (C=O) groups is 1. The third-order valence-electron chi connectivity index (χ3n) is 3.01. The molecule has 0 N–H and O–H groups in total. The van der Waals surface area contributed by atoms with E-state index in [4.69, 9.17) is 9.47 Å². The molecule has 3 unspecified atom stereocenters. The zero-order valence-electron chi connectivity index (χ0n) is 7.95. The first-order chi connectivity index (χ1) is 6.26. The number of fused-ring (bicyclic) bond motifs is 1. The second kappa shape index (κ2) is 3.24. The number of hydrogen-bond acceptors (Lipinski definition) is 3. The van der Waals surface area contributed by atoms with Crippen LogP contribution in [0.15, 0.2) is 11.1 Å². The van der Waals surface area contributed by atoms with Gasteiger partial charge in [-0.25, -0.2) is 0 Å². The SMILES string of the molecule is COC1CC2C(C=O)=C(C)CC2O1. The van der Waals surface area contributed by atoms with Crippen LogP contribution in [-0.4, -0.2) is 25.8 Å². The smallest absolute Gasteiger partial charge is 0.158 e. The highest BCUT2D eigenvalue weighted by Crippen LogP contribution is 2.41. The molecule has 2 rings (SSSR count). The first-order valence-corrected chi connectivity index (χ1v) is 4.59. The normalized spacial score (nSPS) is 38.2. The van der Waals surface area contributed by atoms with E-state index in [2.05, 4.69) is 0 Å². The molecular formula is C10H14O3. The molecule has 0 radical (unpaired) electrons. The van der Waals surface area contributed by atoms with Crippen molar-refractivity contribution < 1.29 is 14.3 Å². The van der Waals surface area contributed by atoms with Crippen molar-refractivity contribution in [2.45, 2.75) is 32.2 Å². The van der Waals surface area contributed by atoms with Crippen molar-refractivity contribution in [3.63, 3.8) is 0 Å². The van der Waals surface area contributed by atoms with Crippen LogP contribution in [0.4, 0.5) is 0 Å². The maximum atomic E-state index is 10.8. The van der Waals surface area contributed by atoms with Crippen LogP contribution in [0.25, 0.3) is 0 Å². The van der Waals surface area contributed by atoms with Gasteiger partial charge in [-0.15, -0.1) is 0 Å². The second-order valence-corrected chi connectivity index (χ2v) is 3.74. The minimum atomic E-state index is -0.113. The number of carbonyl (C=O) groups excluding carboxylic acids is 1. The fourth-order valence-electron chi connectivity index (χ4n) is 2.30. The molecule has 13 heavy (non-hydrogen) atoms. The van der Waals surface area contributed by atoms with E-state index in [0.29, 0.717) is 0 Å². The Hall–Kier alpha value is -0.670. The summed E-state index contributed by atoms with van der Waals surface area (Å²) in [5, 5.41) is 0. The molecule has 3 heteroatoms. The average molecular weight is 182 g/mol. The molecule has 0 saturated carbocycles. The zero-order valence-corrected chi connectivity index (χ0v) is 7.95. The van der Waals surface area contributed by atoms with Gasteiger partial charge in [0, 0.05) is 19.4 Å². The predicted octanol–water partition coefficient (Wildman–Crippen LogP) is 1.28. The Balaban J connectivity index is 2.15. The quantitative estimate of drug-likeness (QED) is 0.603. The van der Waals surface area contributed by atoms with Gasteiger partial charge in [-0.3, -0.25) is 4.79 Å². The van der Waals surface area contributed by atoms with Gasteiger partial charge in [0.2, 0.25) is 0 Å². The summed E-state index contributed by atoms with van der Waals surface area (Å²) >= 11 is 0. The van der Waals surface area contributed by atoms with Gasteiger partial charge in [0.1, 0.15) is 6.29 Å². The van der Waals surface area contributed by atoms with Gasteiger partial charge in [0.05, 0.1) is 6.10 Å². The van der Waals surface area contributed by atoms with Crippen molar-refractivity contribution in [1.82, 2.24) is 0 Å². The van der Waals surface area contributed by atoms with E-state index in [1.807, 2.05) is 6.92 Å². The Kier molecular flexibility index (Phi) is 2.22. The molecule has 0 aromatic heterocycles. The third kappa shape index (κ3) is 1.32. The van der Waals surface area contributed by atoms with Crippen molar-refractivity contribution in [1.29, 1.82) is 0 Å². The van der Waals surface area contributed by atoms with Crippen LogP contribution in [0, 0.1) is 5.92 Å². The highest BCUT2D eigenvalue weighted by molar-refractivity contribution is 5.76. The van der Waals surface area contributed by atoms with Crippen molar-refractivity contribution >= 4 is 6.29 Å². The van der Waals surface area contributed by atoms with E-state index in [-0.39, 0.29) is 18.3 Å². The Labute approximate surface area is 77.7 Å². The van der Waals surface area contributed by atoms with E-state index in [1.165, 1.54) is 5.57 Å². The van der Waals surface area contributed by atoms with Gasteiger partial charge in [-0.1, -0.05) is 5.57 Å². The first-order valence-electron chi connectivity index (χ1n) is 4.59. The van der Waals surface area contributed by atoms with Crippen LogP contribution >= 0.6 is 0 Å². The van der Waals surface area contributed by atoms with Crippen LogP contribution in [0.3, 0.4) is 0 Å². The van der Waals surface area contributed by atoms with Gasteiger partial charge >= 0.3 is 0 Å². The summed E-state index contributed by atoms with van der Waals surface area (Å²) < 4.78 is 10.7. The molecule has 0 aromatic rings. The zero-order chi connectivity index (χ0) is 9.42. The van der Waals surface area contributed by atoms with Crippen molar-refractivity contribution in [3.8, 4) is 0 Å². The highest BCUT2D eigenvalue weighted by atomic mass is 16.7. The predicted molar refractivity (Wildman–Crippen MR) is 47.2 cm³/mol. The van der Waals surface area contributed by atoms with Gasteiger partial charge < -0.3 is 9.47 Å². The number of aldehydes is 1. The third-order valence-corrected chi connectivity index (χ3v) is 3.01. The van der Waals surface area contributed by atoms with Gasteiger partial charge in [-0.05, 0) is 18.9 Å². The Morgan fingerprint density at radius 2 is 2.38 bits per heavy atom. The first kappa shape index (κ1) is 8.91. The molecule has 0 bridgehead atoms. The lowest BCUT2D eigenvalue weighted by Gasteiger charge is -2.09. The molecule has 1 saturated heterocycles. The molecule has 2 aliphatic rings. The lowest BCUT2D eigenvalue weighted by atomic mass is 9.98. The van der Waals surface area contributed by atoms with Crippen molar-refractivity contribution in [3.05, 3.63) is 11.1 Å². The molecule has 0 spiro atoms. The number of ether oxygens (including phenoxy) is 2. The summed E-state index contributed by atoms with van der Waals surface area (Å²) in [4.78, 5) is 10.8. The number of methoxy groups -OCH3 is 1. The van der Waals surface area contributed by atoms with Crippen LogP contribution in [0.2, 0.25) is 0 Å².